The molecule has 1 N–H and O–H groups in total. The monoisotopic (exact) mass is 393 g/mol. The Morgan fingerprint density at radius 2 is 1.79 bits per heavy atom. The van der Waals surface area contributed by atoms with Crippen LogP contribution in [0.3, 0.4) is 0 Å². The number of rotatable bonds is 8. The summed E-state index contributed by atoms with van der Waals surface area (Å²) in [5, 5.41) is 3.13. The maximum Gasteiger partial charge on any atom is 0.251 e. The molecule has 0 spiro atoms. The van der Waals surface area contributed by atoms with E-state index in [9.17, 15) is 4.79 Å². The van der Waals surface area contributed by atoms with Gasteiger partial charge in [0.2, 0.25) is 0 Å². The number of carbonyl (C=O) groups is 1. The van der Waals surface area contributed by atoms with Gasteiger partial charge in [-0.3, -0.25) is 9.69 Å². The summed E-state index contributed by atoms with van der Waals surface area (Å²) in [6, 6.07) is 21.2. The molecule has 2 aromatic carbocycles. The molecule has 1 saturated heterocycles. The highest BCUT2D eigenvalue weighted by atomic mass is 16.5. The molecule has 29 heavy (non-hydrogen) atoms. The fraction of sp³-hybridized carbons (Fsp3) is 0.458. The van der Waals surface area contributed by atoms with Crippen molar-refractivity contribution in [3.05, 3.63) is 66.2 Å². The molecule has 2 aromatic rings. The fourth-order valence-electron chi connectivity index (χ4n) is 4.26. The number of amides is 1. The summed E-state index contributed by atoms with van der Waals surface area (Å²) < 4.78 is 6.02. The number of ether oxygens (including phenoxy) is 1. The van der Waals surface area contributed by atoms with Gasteiger partial charge in [-0.25, -0.2) is 0 Å². The SMILES string of the molecule is CCN(CCNC(=O)[C@@H]1OCCN(C2CC2)[C@H]1c1ccccc1)c1ccccc1. The minimum absolute atomic E-state index is 0.00569. The lowest BCUT2D eigenvalue weighted by atomic mass is 9.97. The molecule has 154 valence electrons. The second-order valence-corrected chi connectivity index (χ2v) is 7.82. The third kappa shape index (κ3) is 4.80. The van der Waals surface area contributed by atoms with Crippen LogP contribution in [0.5, 0.6) is 0 Å². The number of likely N-dealkylation sites (N-methyl/N-ethyl adjacent to an activating group) is 1. The first-order valence-corrected chi connectivity index (χ1v) is 10.8. The van der Waals surface area contributed by atoms with E-state index >= 15 is 0 Å². The lowest BCUT2D eigenvalue weighted by molar-refractivity contribution is -0.146. The normalized spacial score (nSPS) is 22.2. The molecule has 1 aliphatic carbocycles. The van der Waals surface area contributed by atoms with Crippen LogP contribution in [0.15, 0.2) is 60.7 Å². The predicted octanol–water partition coefficient (Wildman–Crippen LogP) is 3.23. The second kappa shape index (κ2) is 9.42. The summed E-state index contributed by atoms with van der Waals surface area (Å²) in [7, 11) is 0. The van der Waals surface area contributed by atoms with Gasteiger partial charge in [-0.1, -0.05) is 48.5 Å². The molecule has 1 saturated carbocycles. The summed E-state index contributed by atoms with van der Waals surface area (Å²) >= 11 is 0. The molecule has 0 bridgehead atoms. The average Bonchev–Trinajstić information content (AvgIpc) is 3.63. The molecule has 1 amide bonds. The van der Waals surface area contributed by atoms with Crippen LogP contribution in [0.4, 0.5) is 5.69 Å². The molecular weight excluding hydrogens is 362 g/mol. The van der Waals surface area contributed by atoms with E-state index in [0.717, 1.165) is 19.6 Å². The van der Waals surface area contributed by atoms with Gasteiger partial charge in [0.15, 0.2) is 6.10 Å². The van der Waals surface area contributed by atoms with E-state index in [1.807, 2.05) is 36.4 Å². The number of benzene rings is 2. The van der Waals surface area contributed by atoms with Gasteiger partial charge < -0.3 is 15.0 Å². The minimum Gasteiger partial charge on any atom is -0.370 e. The van der Waals surface area contributed by atoms with Crippen LogP contribution in [-0.4, -0.2) is 55.7 Å². The maximum atomic E-state index is 13.1. The van der Waals surface area contributed by atoms with Crippen LogP contribution >= 0.6 is 0 Å². The van der Waals surface area contributed by atoms with Crippen molar-refractivity contribution >= 4 is 11.6 Å². The Hall–Kier alpha value is -2.37. The number of morpholine rings is 1. The van der Waals surface area contributed by atoms with E-state index in [1.54, 1.807) is 0 Å². The topological polar surface area (TPSA) is 44.8 Å². The van der Waals surface area contributed by atoms with Gasteiger partial charge in [0.05, 0.1) is 12.6 Å². The number of anilines is 1. The first kappa shape index (κ1) is 19.9. The molecular formula is C24H31N3O2. The highest BCUT2D eigenvalue weighted by Gasteiger charge is 2.43. The molecule has 0 unspecified atom stereocenters. The third-order valence-electron chi connectivity index (χ3n) is 5.89. The van der Waals surface area contributed by atoms with E-state index < -0.39 is 6.10 Å². The lowest BCUT2D eigenvalue weighted by Gasteiger charge is -2.41. The van der Waals surface area contributed by atoms with E-state index in [2.05, 4.69) is 46.3 Å². The van der Waals surface area contributed by atoms with E-state index in [0.29, 0.717) is 19.2 Å². The molecule has 5 nitrogen and oxygen atoms in total. The van der Waals surface area contributed by atoms with Gasteiger partial charge >= 0.3 is 0 Å². The smallest absolute Gasteiger partial charge is 0.251 e. The number of hydrogen-bond donors (Lipinski definition) is 1. The number of nitrogens with one attached hydrogen (secondary N) is 1. The highest BCUT2D eigenvalue weighted by Crippen LogP contribution is 2.38. The molecule has 2 fully saturated rings. The molecule has 2 atom stereocenters. The van der Waals surface area contributed by atoms with Crippen molar-refractivity contribution in [2.45, 2.75) is 38.0 Å². The second-order valence-electron chi connectivity index (χ2n) is 7.82. The summed E-state index contributed by atoms with van der Waals surface area (Å²) in [4.78, 5) is 17.8. The molecule has 0 aromatic heterocycles. The predicted molar refractivity (Wildman–Crippen MR) is 116 cm³/mol. The van der Waals surface area contributed by atoms with Crippen molar-refractivity contribution in [2.24, 2.45) is 0 Å². The van der Waals surface area contributed by atoms with Crippen LogP contribution in [-0.2, 0) is 9.53 Å². The fourth-order valence-corrected chi connectivity index (χ4v) is 4.26. The Labute approximate surface area is 173 Å². The van der Waals surface area contributed by atoms with Crippen LogP contribution in [0.2, 0.25) is 0 Å². The van der Waals surface area contributed by atoms with Crippen LogP contribution in [0, 0.1) is 0 Å². The number of nitrogens with zero attached hydrogens (tertiary/aromatic N) is 2. The first-order valence-electron chi connectivity index (χ1n) is 10.8. The van der Waals surface area contributed by atoms with Crippen molar-refractivity contribution in [3.8, 4) is 0 Å². The summed E-state index contributed by atoms with van der Waals surface area (Å²) in [5.41, 5.74) is 2.35. The van der Waals surface area contributed by atoms with Crippen LogP contribution in [0.1, 0.15) is 31.4 Å². The third-order valence-corrected chi connectivity index (χ3v) is 5.89. The van der Waals surface area contributed by atoms with Crippen molar-refractivity contribution in [3.63, 3.8) is 0 Å². The Bertz CT molecular complexity index is 779. The van der Waals surface area contributed by atoms with Gasteiger partial charge in [-0.05, 0) is 37.5 Å². The van der Waals surface area contributed by atoms with Gasteiger partial charge in [-0.15, -0.1) is 0 Å². The maximum absolute atomic E-state index is 13.1. The van der Waals surface area contributed by atoms with Crippen molar-refractivity contribution in [2.75, 3.05) is 37.7 Å². The zero-order valence-electron chi connectivity index (χ0n) is 17.2. The molecule has 1 heterocycles. The quantitative estimate of drug-likeness (QED) is 0.748. The Kier molecular flexibility index (Phi) is 6.47. The molecule has 0 radical (unpaired) electrons. The number of para-hydroxylation sites is 1. The van der Waals surface area contributed by atoms with Gasteiger partial charge in [0.1, 0.15) is 0 Å². The largest absolute Gasteiger partial charge is 0.370 e. The van der Waals surface area contributed by atoms with E-state index in [-0.39, 0.29) is 11.9 Å². The zero-order valence-corrected chi connectivity index (χ0v) is 17.2. The summed E-state index contributed by atoms with van der Waals surface area (Å²) in [6.45, 7) is 5.93. The number of carbonyl (C=O) groups excluding carboxylic acids is 1. The van der Waals surface area contributed by atoms with Crippen molar-refractivity contribution < 1.29 is 9.53 Å². The molecule has 1 aliphatic heterocycles. The molecule has 2 aliphatic rings. The van der Waals surface area contributed by atoms with Gasteiger partial charge in [-0.2, -0.15) is 0 Å². The Morgan fingerprint density at radius 1 is 1.10 bits per heavy atom. The zero-order chi connectivity index (χ0) is 20.1. The van der Waals surface area contributed by atoms with Gasteiger partial charge in [0.25, 0.3) is 5.91 Å². The Morgan fingerprint density at radius 3 is 2.45 bits per heavy atom. The van der Waals surface area contributed by atoms with Crippen molar-refractivity contribution in [1.29, 1.82) is 0 Å². The van der Waals surface area contributed by atoms with E-state index in [1.165, 1.54) is 24.1 Å². The van der Waals surface area contributed by atoms with Crippen LogP contribution in [0.25, 0.3) is 0 Å². The molecule has 4 rings (SSSR count). The van der Waals surface area contributed by atoms with Gasteiger partial charge in [0, 0.05) is 37.9 Å². The highest BCUT2D eigenvalue weighted by molar-refractivity contribution is 5.82. The Balaban J connectivity index is 1.41. The van der Waals surface area contributed by atoms with Crippen LogP contribution < -0.4 is 10.2 Å². The first-order chi connectivity index (χ1) is 14.3. The van der Waals surface area contributed by atoms with Crippen molar-refractivity contribution in [1.82, 2.24) is 10.2 Å². The minimum atomic E-state index is -0.460. The summed E-state index contributed by atoms with van der Waals surface area (Å²) in [5.74, 6) is -0.00619. The van der Waals surface area contributed by atoms with E-state index in [4.69, 9.17) is 4.74 Å². The standard InChI is InChI=1S/C24H31N3O2/c1-2-26(20-11-7-4-8-12-20)16-15-25-24(28)23-22(19-9-5-3-6-10-19)27(17-18-29-23)21-13-14-21/h3-12,21-23H,2,13-18H2,1H3,(H,25,28)/t22-,23+/m0/s1. The lowest BCUT2D eigenvalue weighted by Crippen LogP contribution is -2.53. The molecule has 5 heteroatoms. The average molecular weight is 394 g/mol. The number of hydrogen-bond acceptors (Lipinski definition) is 4. The summed E-state index contributed by atoms with van der Waals surface area (Å²) in [6.07, 6.45) is 1.99.